The maximum atomic E-state index is 6.10. The second-order valence-corrected chi connectivity index (χ2v) is 6.17. The summed E-state index contributed by atoms with van der Waals surface area (Å²) in [5, 5.41) is 4.29. The summed E-state index contributed by atoms with van der Waals surface area (Å²) in [6.45, 7) is 7.33. The number of halogens is 1. The van der Waals surface area contributed by atoms with Gasteiger partial charge in [0, 0.05) is 11.1 Å². The van der Waals surface area contributed by atoms with Crippen molar-refractivity contribution >= 4 is 17.3 Å². The van der Waals surface area contributed by atoms with Crippen LogP contribution in [0.5, 0.6) is 5.75 Å². The topological polar surface area (TPSA) is 21.3 Å². The van der Waals surface area contributed by atoms with Crippen LogP contribution < -0.4 is 10.1 Å². The zero-order valence-electron chi connectivity index (χ0n) is 13.8. The fraction of sp³-hybridized carbons (Fsp3) is 0.667. The maximum Gasteiger partial charge on any atom is 0.142 e. The van der Waals surface area contributed by atoms with E-state index in [1.54, 1.807) is 0 Å². The average Bonchev–Trinajstić information content (AvgIpc) is 2.46. The number of unbranched alkanes of at least 4 members (excludes halogenated alkanes) is 4. The Balaban J connectivity index is 2.46. The molecule has 0 aliphatic rings. The predicted molar refractivity (Wildman–Crippen MR) is 93.7 cm³/mol. The largest absolute Gasteiger partial charge is 0.491 e. The highest BCUT2D eigenvalue weighted by Gasteiger charge is 2.08. The van der Waals surface area contributed by atoms with Crippen molar-refractivity contribution in [2.24, 2.45) is 0 Å². The van der Waals surface area contributed by atoms with Gasteiger partial charge in [-0.3, -0.25) is 0 Å². The molecule has 120 valence electrons. The van der Waals surface area contributed by atoms with E-state index in [0.717, 1.165) is 29.5 Å². The summed E-state index contributed by atoms with van der Waals surface area (Å²) in [4.78, 5) is 0. The lowest BCUT2D eigenvalue weighted by Gasteiger charge is -2.18. The van der Waals surface area contributed by atoms with Gasteiger partial charge in [-0.15, -0.1) is 0 Å². The monoisotopic (exact) mass is 311 g/mol. The lowest BCUT2D eigenvalue weighted by Crippen LogP contribution is -2.15. The number of benzene rings is 1. The van der Waals surface area contributed by atoms with Gasteiger partial charge in [0.2, 0.25) is 0 Å². The molecule has 0 aliphatic carbocycles. The van der Waals surface area contributed by atoms with Gasteiger partial charge in [0.15, 0.2) is 0 Å². The summed E-state index contributed by atoms with van der Waals surface area (Å²) in [5.41, 5.74) is 1.01. The molecule has 3 heteroatoms. The van der Waals surface area contributed by atoms with Gasteiger partial charge < -0.3 is 10.1 Å². The summed E-state index contributed by atoms with van der Waals surface area (Å²) in [6.07, 6.45) is 8.80. The molecule has 0 bridgehead atoms. The van der Waals surface area contributed by atoms with Crippen molar-refractivity contribution in [3.63, 3.8) is 0 Å². The summed E-state index contributed by atoms with van der Waals surface area (Å²) in [6, 6.07) is 6.23. The zero-order chi connectivity index (χ0) is 15.5. The minimum atomic E-state index is 0.439. The van der Waals surface area contributed by atoms with Crippen molar-refractivity contribution in [3.8, 4) is 5.75 Å². The lowest BCUT2D eigenvalue weighted by molar-refractivity contribution is 0.318. The molecule has 0 amide bonds. The number of anilines is 1. The van der Waals surface area contributed by atoms with Crippen LogP contribution in [-0.2, 0) is 0 Å². The van der Waals surface area contributed by atoms with E-state index < -0.39 is 0 Å². The first-order chi connectivity index (χ1) is 10.2. The number of ether oxygens (including phenoxy) is 1. The van der Waals surface area contributed by atoms with E-state index in [0.29, 0.717) is 6.04 Å². The second-order valence-electron chi connectivity index (χ2n) is 5.74. The van der Waals surface area contributed by atoms with Crippen molar-refractivity contribution in [1.29, 1.82) is 0 Å². The van der Waals surface area contributed by atoms with Crippen LogP contribution in [0.3, 0.4) is 0 Å². The Labute approximate surface area is 135 Å². The highest BCUT2D eigenvalue weighted by atomic mass is 35.5. The van der Waals surface area contributed by atoms with E-state index >= 15 is 0 Å². The van der Waals surface area contributed by atoms with E-state index in [-0.39, 0.29) is 0 Å². The van der Waals surface area contributed by atoms with Crippen LogP contribution >= 0.6 is 11.6 Å². The normalized spacial score (nSPS) is 12.2. The first-order valence-electron chi connectivity index (χ1n) is 8.36. The van der Waals surface area contributed by atoms with Gasteiger partial charge in [-0.25, -0.2) is 0 Å². The summed E-state index contributed by atoms with van der Waals surface area (Å²) < 4.78 is 5.78. The summed E-state index contributed by atoms with van der Waals surface area (Å²) >= 11 is 6.10. The van der Waals surface area contributed by atoms with Crippen molar-refractivity contribution in [2.45, 2.75) is 71.8 Å². The molecule has 1 N–H and O–H groups in total. The van der Waals surface area contributed by atoms with Crippen LogP contribution in [0, 0.1) is 0 Å². The first-order valence-corrected chi connectivity index (χ1v) is 8.74. The van der Waals surface area contributed by atoms with E-state index in [1.807, 2.05) is 18.2 Å². The standard InChI is InChI=1S/C18H30ClNO/c1-4-6-7-8-9-10-15(3)20-17-14-16(19)11-12-18(17)21-13-5-2/h11-12,14-15,20H,4-10,13H2,1-3H3. The molecule has 1 unspecified atom stereocenters. The lowest BCUT2D eigenvalue weighted by atomic mass is 10.1. The minimum Gasteiger partial charge on any atom is -0.491 e. The number of hydrogen-bond acceptors (Lipinski definition) is 2. The zero-order valence-corrected chi connectivity index (χ0v) is 14.5. The molecule has 0 saturated heterocycles. The summed E-state index contributed by atoms with van der Waals surface area (Å²) in [5.74, 6) is 0.902. The van der Waals surface area contributed by atoms with Gasteiger partial charge in [-0.2, -0.15) is 0 Å². The fourth-order valence-electron chi connectivity index (χ4n) is 2.34. The molecule has 0 radical (unpaired) electrons. The quantitative estimate of drug-likeness (QED) is 0.485. The van der Waals surface area contributed by atoms with E-state index in [9.17, 15) is 0 Å². The molecule has 21 heavy (non-hydrogen) atoms. The van der Waals surface area contributed by atoms with Crippen LogP contribution in [0.25, 0.3) is 0 Å². The predicted octanol–water partition coefficient (Wildman–Crippen LogP) is 6.29. The Hall–Kier alpha value is -0.890. The highest BCUT2D eigenvalue weighted by Crippen LogP contribution is 2.29. The molecule has 0 aliphatic heterocycles. The Morgan fingerprint density at radius 1 is 1.10 bits per heavy atom. The molecule has 0 aromatic heterocycles. The molecule has 2 nitrogen and oxygen atoms in total. The molecule has 1 atom stereocenters. The maximum absolute atomic E-state index is 6.10. The van der Waals surface area contributed by atoms with Gasteiger partial charge >= 0.3 is 0 Å². The molecule has 0 saturated carbocycles. The smallest absolute Gasteiger partial charge is 0.142 e. The second kappa shape index (κ2) is 10.8. The molecule has 0 spiro atoms. The van der Waals surface area contributed by atoms with Crippen molar-refractivity contribution < 1.29 is 4.74 Å². The molecule has 0 fully saturated rings. The molecule has 1 rings (SSSR count). The Morgan fingerprint density at radius 2 is 1.86 bits per heavy atom. The molecule has 1 aromatic carbocycles. The number of rotatable bonds is 11. The van der Waals surface area contributed by atoms with Crippen LogP contribution in [-0.4, -0.2) is 12.6 Å². The fourth-order valence-corrected chi connectivity index (χ4v) is 2.52. The third-order valence-electron chi connectivity index (χ3n) is 3.55. The van der Waals surface area contributed by atoms with Gasteiger partial charge in [0.05, 0.1) is 12.3 Å². The van der Waals surface area contributed by atoms with E-state index in [4.69, 9.17) is 16.3 Å². The van der Waals surface area contributed by atoms with Gasteiger partial charge in [0.1, 0.15) is 5.75 Å². The van der Waals surface area contributed by atoms with Gasteiger partial charge in [-0.1, -0.05) is 57.6 Å². The van der Waals surface area contributed by atoms with E-state index in [2.05, 4.69) is 26.1 Å². The molecular formula is C18H30ClNO. The summed E-state index contributed by atoms with van der Waals surface area (Å²) in [7, 11) is 0. The van der Waals surface area contributed by atoms with Crippen LogP contribution in [0.4, 0.5) is 5.69 Å². The van der Waals surface area contributed by atoms with Crippen LogP contribution in [0.15, 0.2) is 18.2 Å². The van der Waals surface area contributed by atoms with Crippen molar-refractivity contribution in [1.82, 2.24) is 0 Å². The molecular weight excluding hydrogens is 282 g/mol. The van der Waals surface area contributed by atoms with E-state index in [1.165, 1.54) is 38.5 Å². The highest BCUT2D eigenvalue weighted by molar-refractivity contribution is 6.30. The van der Waals surface area contributed by atoms with Gasteiger partial charge in [-0.05, 0) is 38.0 Å². The Kier molecular flexibility index (Phi) is 9.32. The molecule has 0 heterocycles. The van der Waals surface area contributed by atoms with Crippen molar-refractivity contribution in [2.75, 3.05) is 11.9 Å². The van der Waals surface area contributed by atoms with Crippen molar-refractivity contribution in [3.05, 3.63) is 23.2 Å². The van der Waals surface area contributed by atoms with Crippen LogP contribution in [0.2, 0.25) is 5.02 Å². The Morgan fingerprint density at radius 3 is 2.57 bits per heavy atom. The third kappa shape index (κ3) is 7.61. The van der Waals surface area contributed by atoms with Crippen LogP contribution in [0.1, 0.15) is 65.7 Å². The number of hydrogen-bond donors (Lipinski definition) is 1. The first kappa shape index (κ1) is 18.2. The Bertz CT molecular complexity index is 395. The SMILES string of the molecule is CCCCCCCC(C)Nc1cc(Cl)ccc1OCCC. The average molecular weight is 312 g/mol. The third-order valence-corrected chi connectivity index (χ3v) is 3.78. The minimum absolute atomic E-state index is 0.439. The molecule has 1 aromatic rings. The number of nitrogens with one attached hydrogen (secondary N) is 1. The van der Waals surface area contributed by atoms with Gasteiger partial charge in [0.25, 0.3) is 0 Å².